The predicted molar refractivity (Wildman–Crippen MR) is 82.8 cm³/mol. The third-order valence-corrected chi connectivity index (χ3v) is 3.77. The molecule has 1 saturated heterocycles. The largest absolute Gasteiger partial charge is 0.378 e. The average molecular weight is 304 g/mol. The van der Waals surface area contributed by atoms with E-state index in [-0.39, 0.29) is 17.6 Å². The summed E-state index contributed by atoms with van der Waals surface area (Å²) >= 11 is 0. The van der Waals surface area contributed by atoms with Gasteiger partial charge in [0, 0.05) is 32.1 Å². The molecule has 1 unspecified atom stereocenters. The Morgan fingerprint density at radius 2 is 2.27 bits per heavy atom. The molecule has 22 heavy (non-hydrogen) atoms. The van der Waals surface area contributed by atoms with Gasteiger partial charge in [0.05, 0.1) is 24.2 Å². The second kappa shape index (κ2) is 6.76. The minimum atomic E-state index is -0.155. The van der Waals surface area contributed by atoms with Crippen LogP contribution in [-0.4, -0.2) is 47.8 Å². The number of hydrogen-bond donors (Lipinski definition) is 3. The highest BCUT2D eigenvalue weighted by molar-refractivity contribution is 5.77. The van der Waals surface area contributed by atoms with Gasteiger partial charge in [-0.1, -0.05) is 12.1 Å². The van der Waals surface area contributed by atoms with E-state index < -0.39 is 0 Å². The highest BCUT2D eigenvalue weighted by Gasteiger charge is 2.16. The molecule has 1 aromatic carbocycles. The van der Waals surface area contributed by atoms with Crippen molar-refractivity contribution in [3.63, 3.8) is 0 Å². The van der Waals surface area contributed by atoms with E-state index in [0.29, 0.717) is 32.7 Å². The van der Waals surface area contributed by atoms with Gasteiger partial charge in [0.1, 0.15) is 0 Å². The summed E-state index contributed by atoms with van der Waals surface area (Å²) in [6.07, 6.45) is 0.392. The van der Waals surface area contributed by atoms with Crippen LogP contribution in [0.1, 0.15) is 6.42 Å². The van der Waals surface area contributed by atoms with Crippen molar-refractivity contribution >= 4 is 16.9 Å². The number of hydrogen-bond acceptors (Lipinski definition) is 4. The van der Waals surface area contributed by atoms with Gasteiger partial charge in [-0.05, 0) is 12.1 Å². The van der Waals surface area contributed by atoms with Crippen molar-refractivity contribution in [1.82, 2.24) is 20.2 Å². The minimum Gasteiger partial charge on any atom is -0.378 e. The number of benzene rings is 1. The SMILES string of the molecule is O=C(CC1COCCN1)NCCn1c(=O)[nH]c2ccccc21. The van der Waals surface area contributed by atoms with E-state index in [1.165, 1.54) is 0 Å². The maximum absolute atomic E-state index is 11.9. The van der Waals surface area contributed by atoms with E-state index in [1.54, 1.807) is 4.57 Å². The fraction of sp³-hybridized carbons (Fsp3) is 0.467. The van der Waals surface area contributed by atoms with Gasteiger partial charge in [-0.3, -0.25) is 9.36 Å². The second-order valence-electron chi connectivity index (χ2n) is 5.38. The molecule has 7 heteroatoms. The second-order valence-corrected chi connectivity index (χ2v) is 5.38. The molecule has 0 radical (unpaired) electrons. The maximum atomic E-state index is 11.9. The summed E-state index contributed by atoms with van der Waals surface area (Å²) in [5, 5.41) is 6.09. The van der Waals surface area contributed by atoms with Crippen molar-refractivity contribution < 1.29 is 9.53 Å². The molecular formula is C15H20N4O3. The number of nitrogens with one attached hydrogen (secondary N) is 3. The number of rotatable bonds is 5. The van der Waals surface area contributed by atoms with Crippen LogP contribution >= 0.6 is 0 Å². The number of aromatic nitrogens is 2. The van der Waals surface area contributed by atoms with Crippen LogP contribution < -0.4 is 16.3 Å². The summed E-state index contributed by atoms with van der Waals surface area (Å²) in [6, 6.07) is 7.59. The lowest BCUT2D eigenvalue weighted by Gasteiger charge is -2.23. The minimum absolute atomic E-state index is 0.0316. The Hall–Kier alpha value is -2.12. The molecule has 3 rings (SSSR count). The van der Waals surface area contributed by atoms with Crippen LogP contribution in [0.25, 0.3) is 11.0 Å². The highest BCUT2D eigenvalue weighted by atomic mass is 16.5. The first-order valence-corrected chi connectivity index (χ1v) is 7.49. The Labute approximate surface area is 127 Å². The van der Waals surface area contributed by atoms with Gasteiger partial charge in [0.25, 0.3) is 0 Å². The van der Waals surface area contributed by atoms with Crippen molar-refractivity contribution in [2.75, 3.05) is 26.3 Å². The van der Waals surface area contributed by atoms with Crippen LogP contribution in [0.5, 0.6) is 0 Å². The smallest absolute Gasteiger partial charge is 0.326 e. The number of morpholine rings is 1. The number of H-pyrrole nitrogens is 1. The number of fused-ring (bicyclic) bond motifs is 1. The highest BCUT2D eigenvalue weighted by Crippen LogP contribution is 2.08. The van der Waals surface area contributed by atoms with Crippen LogP contribution in [-0.2, 0) is 16.1 Å². The number of nitrogens with zero attached hydrogens (tertiary/aromatic N) is 1. The van der Waals surface area contributed by atoms with Gasteiger partial charge in [-0.15, -0.1) is 0 Å². The van der Waals surface area contributed by atoms with E-state index in [0.717, 1.165) is 17.6 Å². The van der Waals surface area contributed by atoms with Gasteiger partial charge in [-0.25, -0.2) is 4.79 Å². The molecule has 0 spiro atoms. The molecule has 1 aliphatic rings. The summed E-state index contributed by atoms with van der Waals surface area (Å²) in [5.74, 6) is -0.0316. The molecule has 1 amide bonds. The zero-order valence-electron chi connectivity index (χ0n) is 12.3. The lowest BCUT2D eigenvalue weighted by atomic mass is 10.2. The van der Waals surface area contributed by atoms with Crippen LogP contribution in [0.4, 0.5) is 0 Å². The fourth-order valence-electron chi connectivity index (χ4n) is 2.68. The van der Waals surface area contributed by atoms with Gasteiger partial charge in [0.15, 0.2) is 0 Å². The quantitative estimate of drug-likeness (QED) is 0.715. The number of para-hydroxylation sites is 2. The number of amides is 1. The van der Waals surface area contributed by atoms with Crippen molar-refractivity contribution in [3.05, 3.63) is 34.7 Å². The lowest BCUT2D eigenvalue weighted by Crippen LogP contribution is -2.44. The zero-order chi connectivity index (χ0) is 15.4. The monoisotopic (exact) mass is 304 g/mol. The Balaban J connectivity index is 1.52. The summed E-state index contributed by atoms with van der Waals surface area (Å²) in [7, 11) is 0. The van der Waals surface area contributed by atoms with Gasteiger partial charge < -0.3 is 20.4 Å². The third-order valence-electron chi connectivity index (χ3n) is 3.77. The number of imidazole rings is 1. The average Bonchev–Trinajstić information content (AvgIpc) is 2.84. The van der Waals surface area contributed by atoms with Crippen molar-refractivity contribution in [3.8, 4) is 0 Å². The molecule has 1 aliphatic heterocycles. The predicted octanol–water partition coefficient (Wildman–Crippen LogP) is -0.176. The van der Waals surface area contributed by atoms with E-state index in [2.05, 4.69) is 15.6 Å². The van der Waals surface area contributed by atoms with E-state index in [9.17, 15) is 9.59 Å². The van der Waals surface area contributed by atoms with Gasteiger partial charge in [-0.2, -0.15) is 0 Å². The molecule has 1 fully saturated rings. The maximum Gasteiger partial charge on any atom is 0.326 e. The molecule has 0 aliphatic carbocycles. The number of ether oxygens (including phenoxy) is 1. The van der Waals surface area contributed by atoms with E-state index >= 15 is 0 Å². The van der Waals surface area contributed by atoms with Crippen LogP contribution in [0, 0.1) is 0 Å². The van der Waals surface area contributed by atoms with Crippen LogP contribution in [0.15, 0.2) is 29.1 Å². The summed E-state index contributed by atoms with van der Waals surface area (Å²) in [4.78, 5) is 26.6. The van der Waals surface area contributed by atoms with Crippen LogP contribution in [0.2, 0.25) is 0 Å². The van der Waals surface area contributed by atoms with Crippen molar-refractivity contribution in [1.29, 1.82) is 0 Å². The molecule has 118 valence electrons. The molecular weight excluding hydrogens is 284 g/mol. The molecule has 7 nitrogen and oxygen atoms in total. The third kappa shape index (κ3) is 3.37. The fourth-order valence-corrected chi connectivity index (χ4v) is 2.68. The number of carbonyl (C=O) groups excluding carboxylic acids is 1. The summed E-state index contributed by atoms with van der Waals surface area (Å²) in [6.45, 7) is 2.91. The summed E-state index contributed by atoms with van der Waals surface area (Å²) < 4.78 is 6.95. The first-order valence-electron chi connectivity index (χ1n) is 7.49. The zero-order valence-corrected chi connectivity index (χ0v) is 12.3. The molecule has 2 heterocycles. The standard InChI is InChI=1S/C15H20N4O3/c20-14(9-11-10-22-8-6-16-11)17-5-7-19-13-4-2-1-3-12(13)18-15(19)21/h1-4,11,16H,5-10H2,(H,17,20)(H,18,21). The van der Waals surface area contributed by atoms with E-state index in [4.69, 9.17) is 4.74 Å². The Morgan fingerprint density at radius 3 is 3.09 bits per heavy atom. The first kappa shape index (κ1) is 14.8. The normalized spacial score (nSPS) is 18.5. The summed E-state index contributed by atoms with van der Waals surface area (Å²) in [5.41, 5.74) is 1.50. The van der Waals surface area contributed by atoms with Gasteiger partial charge >= 0.3 is 5.69 Å². The lowest BCUT2D eigenvalue weighted by molar-refractivity contribution is -0.122. The molecule has 3 N–H and O–H groups in total. The molecule has 0 saturated carbocycles. The molecule has 2 aromatic rings. The number of aromatic amines is 1. The van der Waals surface area contributed by atoms with E-state index in [1.807, 2.05) is 24.3 Å². The first-order chi connectivity index (χ1) is 10.7. The number of carbonyl (C=O) groups is 1. The topological polar surface area (TPSA) is 88.2 Å². The molecule has 1 atom stereocenters. The Kier molecular flexibility index (Phi) is 4.55. The van der Waals surface area contributed by atoms with Gasteiger partial charge in [0.2, 0.25) is 5.91 Å². The Morgan fingerprint density at radius 1 is 1.41 bits per heavy atom. The van der Waals surface area contributed by atoms with Crippen molar-refractivity contribution in [2.24, 2.45) is 0 Å². The van der Waals surface area contributed by atoms with Crippen molar-refractivity contribution in [2.45, 2.75) is 19.0 Å². The Bertz CT molecular complexity index is 700. The van der Waals surface area contributed by atoms with Crippen LogP contribution in [0.3, 0.4) is 0 Å². The molecule has 0 bridgehead atoms. The molecule has 1 aromatic heterocycles.